The number of non-ortho nitro benzene ring substituents is 1. The van der Waals surface area contributed by atoms with E-state index in [0.717, 1.165) is 11.0 Å². The predicted molar refractivity (Wildman–Crippen MR) is 155 cm³/mol. The van der Waals surface area contributed by atoms with Gasteiger partial charge in [-0.15, -0.1) is 5.10 Å². The first-order valence-corrected chi connectivity index (χ1v) is 17.7. The van der Waals surface area contributed by atoms with Gasteiger partial charge in [0.25, 0.3) is 11.2 Å². The molecule has 3 aliphatic heterocycles. The van der Waals surface area contributed by atoms with Crippen LogP contribution in [0.3, 0.4) is 0 Å². The van der Waals surface area contributed by atoms with Gasteiger partial charge in [-0.3, -0.25) is 33.0 Å². The molecule has 0 radical (unpaired) electrons. The molecule has 2 unspecified atom stereocenters. The number of aliphatic hydroxyl groups is 2. The van der Waals surface area contributed by atoms with E-state index in [2.05, 4.69) is 25.3 Å². The van der Waals surface area contributed by atoms with Crippen LogP contribution in [0.4, 0.5) is 5.69 Å². The smallest absolute Gasteiger partial charge is 0.387 e. The molecule has 6 heterocycles. The Labute approximate surface area is 265 Å². The molecule has 25 heteroatoms. The van der Waals surface area contributed by atoms with Crippen molar-refractivity contribution in [2.75, 3.05) is 6.61 Å². The van der Waals surface area contributed by atoms with Crippen molar-refractivity contribution in [1.82, 2.24) is 34.5 Å². The first-order valence-electron chi connectivity index (χ1n) is 13.7. The molecule has 0 amide bonds. The number of hydrogen-bond acceptors (Lipinski definition) is 17. The Morgan fingerprint density at radius 2 is 1.85 bits per heavy atom. The summed E-state index contributed by atoms with van der Waals surface area (Å²) in [5.41, 5.74) is -1.07. The monoisotopic (exact) mass is 718 g/mol. The van der Waals surface area contributed by atoms with E-state index in [1.54, 1.807) is 0 Å². The van der Waals surface area contributed by atoms with Gasteiger partial charge in [0.05, 0.1) is 35.8 Å². The molecule has 3 fully saturated rings. The highest BCUT2D eigenvalue weighted by molar-refractivity contribution is 8.07. The van der Waals surface area contributed by atoms with Crippen molar-refractivity contribution in [3.63, 3.8) is 0 Å². The number of ether oxygens (including phenoxy) is 2. The second-order valence-corrected chi connectivity index (χ2v) is 14.9. The third-order valence-corrected chi connectivity index (χ3v) is 10.5. The first-order chi connectivity index (χ1) is 22.2. The number of aromatic amines is 1. The van der Waals surface area contributed by atoms with Crippen LogP contribution >= 0.6 is 14.5 Å². The SMILES string of the molecule is C[C@H]1OP(=O)(O)O[C@@H]2[C@H](O)[C@@H](COP(O)(=S)O[C@H]3[C@@H](O)[C@H](n4cnc5c(=O)[nH]cnc54)O[C@@H]31)O[C@H]2n1nnc2c([N+](=O)[O-])cccc21. The molecule has 47 heavy (non-hydrogen) atoms. The zero-order valence-electron chi connectivity index (χ0n) is 23.6. The predicted octanol–water partition coefficient (Wildman–Crippen LogP) is -0.488. The van der Waals surface area contributed by atoms with E-state index in [9.17, 15) is 39.5 Å². The molecule has 2 bridgehead atoms. The van der Waals surface area contributed by atoms with Crippen LogP contribution in [-0.4, -0.2) is 109 Å². The number of nitro benzene ring substituents is 1. The highest BCUT2D eigenvalue weighted by Gasteiger charge is 2.55. The molecule has 252 valence electrons. The van der Waals surface area contributed by atoms with Gasteiger partial charge in [-0.25, -0.2) is 19.2 Å². The van der Waals surface area contributed by atoms with Gasteiger partial charge in [0.2, 0.25) is 0 Å². The highest BCUT2D eigenvalue weighted by atomic mass is 32.5. The summed E-state index contributed by atoms with van der Waals surface area (Å²) in [7, 11) is -5.17. The van der Waals surface area contributed by atoms with E-state index in [0.29, 0.717) is 0 Å². The van der Waals surface area contributed by atoms with Crippen molar-refractivity contribution in [2.45, 2.75) is 62.1 Å². The molecule has 0 aliphatic carbocycles. The fourth-order valence-corrected chi connectivity index (χ4v) is 8.26. The molecule has 3 saturated heterocycles. The number of aromatic nitrogens is 7. The van der Waals surface area contributed by atoms with Crippen LogP contribution < -0.4 is 5.56 Å². The zero-order valence-corrected chi connectivity index (χ0v) is 26.2. The van der Waals surface area contributed by atoms with Gasteiger partial charge in [-0.2, -0.15) is 0 Å². The number of phosphoric acid groups is 1. The molecule has 0 spiro atoms. The number of H-pyrrole nitrogens is 1. The minimum atomic E-state index is -5.17. The van der Waals surface area contributed by atoms with E-state index < -0.39 is 86.8 Å². The van der Waals surface area contributed by atoms with Gasteiger partial charge in [0.1, 0.15) is 36.6 Å². The summed E-state index contributed by atoms with van der Waals surface area (Å²) in [5.74, 6) is 0. The van der Waals surface area contributed by atoms with E-state index >= 15 is 0 Å². The lowest BCUT2D eigenvalue weighted by atomic mass is 10.1. The Hall–Kier alpha value is -3.15. The molecular weight excluding hydrogens is 694 g/mol. The second-order valence-electron chi connectivity index (χ2n) is 10.7. The maximum absolute atomic E-state index is 13.4. The number of nitro groups is 1. The van der Waals surface area contributed by atoms with E-state index in [1.165, 1.54) is 36.0 Å². The normalized spacial score (nSPS) is 38.1. The fraction of sp³-hybridized carbons (Fsp3) is 0.500. The maximum Gasteiger partial charge on any atom is 0.473 e. The summed E-state index contributed by atoms with van der Waals surface area (Å²) in [6.07, 6.45) is -11.5. The summed E-state index contributed by atoms with van der Waals surface area (Å²) < 4.78 is 49.5. The van der Waals surface area contributed by atoms with Crippen LogP contribution in [0.15, 0.2) is 35.6 Å². The minimum absolute atomic E-state index is 0.0238. The van der Waals surface area contributed by atoms with Gasteiger partial charge < -0.3 is 39.0 Å². The van der Waals surface area contributed by atoms with E-state index in [1.807, 2.05) is 0 Å². The van der Waals surface area contributed by atoms with Crippen molar-refractivity contribution < 1.29 is 57.1 Å². The Bertz CT molecular complexity index is 2030. The molecule has 0 saturated carbocycles. The van der Waals surface area contributed by atoms with Gasteiger partial charge in [-0.05, 0) is 24.8 Å². The Morgan fingerprint density at radius 1 is 1.06 bits per heavy atom. The lowest BCUT2D eigenvalue weighted by Crippen LogP contribution is -2.40. The number of benzene rings is 1. The number of imidazole rings is 1. The van der Waals surface area contributed by atoms with Crippen molar-refractivity contribution in [1.29, 1.82) is 0 Å². The van der Waals surface area contributed by atoms with E-state index in [-0.39, 0.29) is 27.9 Å². The maximum atomic E-state index is 13.4. The number of nitrogens with zero attached hydrogens (tertiary/aromatic N) is 7. The molecule has 3 aliphatic rings. The first kappa shape index (κ1) is 32.4. The second kappa shape index (κ2) is 11.8. The number of aliphatic hydroxyl groups excluding tert-OH is 2. The third kappa shape index (κ3) is 5.72. The van der Waals surface area contributed by atoms with E-state index in [4.69, 9.17) is 39.4 Å². The average Bonchev–Trinajstić information content (AvgIpc) is 3.76. The van der Waals surface area contributed by atoms with Crippen LogP contribution in [0.25, 0.3) is 22.2 Å². The van der Waals surface area contributed by atoms with Crippen molar-refractivity contribution >= 4 is 54.2 Å². The van der Waals surface area contributed by atoms with Crippen LogP contribution in [0.2, 0.25) is 0 Å². The number of phosphoric ester groups is 1. The molecule has 3 aromatic heterocycles. The van der Waals surface area contributed by atoms with Crippen molar-refractivity contribution in [3.05, 3.63) is 51.3 Å². The van der Waals surface area contributed by atoms with Gasteiger partial charge in [-0.1, -0.05) is 11.3 Å². The standard InChI is InChI=1S/C22H24N8O14P2S/c1-8-16-17(15(32)21(41-16)28-7-25-13-19(28)23-6-24-20(13)33)44-46(38,47)39-5-11-14(31)18(43-45(36,37)42-8)22(40-11)29-9-3-2-4-10(30(34)35)12(9)26-27-29/h2-4,6-8,11,14-18,21-22,31-32H,5H2,1H3,(H,36,37)(H,38,47)(H,23,24,33)/t8-,11-,14-,15-,16-,17+,18-,21-,22-,46?/m1/s1. The van der Waals surface area contributed by atoms with Crippen LogP contribution in [-0.2, 0) is 43.9 Å². The molecule has 1 aromatic carbocycles. The summed E-state index contributed by atoms with van der Waals surface area (Å²) in [5, 5.41) is 41.7. The Morgan fingerprint density at radius 3 is 2.62 bits per heavy atom. The lowest BCUT2D eigenvalue weighted by molar-refractivity contribution is -0.383. The third-order valence-electron chi connectivity index (χ3n) is 7.79. The number of hydrogen-bond donors (Lipinski definition) is 5. The van der Waals surface area contributed by atoms with Crippen molar-refractivity contribution in [3.8, 4) is 0 Å². The molecule has 5 N–H and O–H groups in total. The summed E-state index contributed by atoms with van der Waals surface area (Å²) in [6.45, 7) is -3.67. The quantitative estimate of drug-likeness (QED) is 0.101. The number of nitrogens with one attached hydrogen (secondary N) is 1. The minimum Gasteiger partial charge on any atom is -0.387 e. The van der Waals surface area contributed by atoms with Gasteiger partial charge in [0.15, 0.2) is 29.1 Å². The summed E-state index contributed by atoms with van der Waals surface area (Å²) in [6, 6.07) is 3.98. The molecule has 7 rings (SSSR count). The zero-order chi connectivity index (χ0) is 33.4. The van der Waals surface area contributed by atoms with Crippen LogP contribution in [0.5, 0.6) is 0 Å². The molecule has 22 nitrogen and oxygen atoms in total. The van der Waals surface area contributed by atoms with Gasteiger partial charge >= 0.3 is 14.5 Å². The summed E-state index contributed by atoms with van der Waals surface area (Å²) >= 11 is 5.19. The summed E-state index contributed by atoms with van der Waals surface area (Å²) in [4.78, 5) is 55.4. The van der Waals surface area contributed by atoms with Crippen LogP contribution in [0, 0.1) is 10.1 Å². The fourth-order valence-electron chi connectivity index (χ4n) is 5.71. The molecule has 4 aromatic rings. The average molecular weight is 718 g/mol. The Kier molecular flexibility index (Phi) is 8.11. The molecular formula is C22H24N8O14P2S. The van der Waals surface area contributed by atoms with Crippen LogP contribution in [0.1, 0.15) is 19.4 Å². The lowest BCUT2D eigenvalue weighted by Gasteiger charge is -2.29. The highest BCUT2D eigenvalue weighted by Crippen LogP contribution is 2.55. The van der Waals surface area contributed by atoms with Gasteiger partial charge in [0, 0.05) is 6.07 Å². The van der Waals surface area contributed by atoms with Crippen molar-refractivity contribution in [2.24, 2.45) is 0 Å². The molecule has 11 atom stereocenters. The largest absolute Gasteiger partial charge is 0.473 e. The topological polar surface area (TPSA) is 291 Å². The number of fused-ring (bicyclic) bond motifs is 5. The number of rotatable bonds is 3. The Balaban J connectivity index is 1.23.